The highest BCUT2D eigenvalue weighted by atomic mass is 16.7. The van der Waals surface area contributed by atoms with E-state index in [1.54, 1.807) is 0 Å². The molecule has 0 aromatic carbocycles. The van der Waals surface area contributed by atoms with E-state index in [0.717, 1.165) is 0 Å². The van der Waals surface area contributed by atoms with Crippen LogP contribution >= 0.6 is 0 Å². The Morgan fingerprint density at radius 1 is 1.50 bits per heavy atom. The molecular formula is C12H21N5O3. The Kier molecular flexibility index (Phi) is 5.61. The second-order valence-corrected chi connectivity index (χ2v) is 4.73. The number of guanidine groups is 1. The third kappa shape index (κ3) is 5.77. The van der Waals surface area contributed by atoms with Crippen LogP contribution in [0.2, 0.25) is 0 Å². The Morgan fingerprint density at radius 3 is 2.70 bits per heavy atom. The van der Waals surface area contributed by atoms with Gasteiger partial charge < -0.3 is 32.0 Å². The van der Waals surface area contributed by atoms with Gasteiger partial charge in [0.05, 0.1) is 6.61 Å². The lowest BCUT2D eigenvalue weighted by molar-refractivity contribution is -0.138. The van der Waals surface area contributed by atoms with E-state index < -0.39 is 17.9 Å². The van der Waals surface area contributed by atoms with E-state index in [1.165, 1.54) is 0 Å². The van der Waals surface area contributed by atoms with Crippen LogP contribution in [0.4, 0.5) is 4.79 Å². The first-order valence-electron chi connectivity index (χ1n) is 6.22. The van der Waals surface area contributed by atoms with Crippen molar-refractivity contribution in [2.75, 3.05) is 13.2 Å². The lowest BCUT2D eigenvalue weighted by Crippen LogP contribution is -2.33. The zero-order chi connectivity index (χ0) is 15.2. The van der Waals surface area contributed by atoms with Crippen molar-refractivity contribution in [1.82, 2.24) is 5.32 Å². The smallest absolute Gasteiger partial charge is 0.312 e. The van der Waals surface area contributed by atoms with Gasteiger partial charge in [-0.05, 0) is 13.8 Å². The molecule has 1 heterocycles. The average molecular weight is 283 g/mol. The van der Waals surface area contributed by atoms with Crippen molar-refractivity contribution in [2.45, 2.75) is 38.2 Å². The molecule has 1 aliphatic heterocycles. The van der Waals surface area contributed by atoms with E-state index in [4.69, 9.17) is 26.7 Å². The molecular weight excluding hydrogens is 262 g/mol. The fourth-order valence-electron chi connectivity index (χ4n) is 1.66. The van der Waals surface area contributed by atoms with Gasteiger partial charge >= 0.3 is 6.03 Å². The van der Waals surface area contributed by atoms with Crippen LogP contribution in [0.5, 0.6) is 0 Å². The van der Waals surface area contributed by atoms with Gasteiger partial charge in [0.15, 0.2) is 11.7 Å². The second kappa shape index (κ2) is 6.98. The molecule has 1 aliphatic rings. The maximum atomic E-state index is 10.5. The van der Waals surface area contributed by atoms with E-state index in [-0.39, 0.29) is 12.1 Å². The molecule has 1 rings (SSSR count). The van der Waals surface area contributed by atoms with Crippen LogP contribution in [-0.2, 0) is 9.47 Å². The number of nitrogens with zero attached hydrogens (tertiary/aromatic N) is 1. The van der Waals surface area contributed by atoms with Crippen molar-refractivity contribution < 1.29 is 14.3 Å². The predicted molar refractivity (Wildman–Crippen MR) is 74.5 cm³/mol. The fraction of sp³-hybridized carbons (Fsp3) is 0.667. The highest BCUT2D eigenvalue weighted by molar-refractivity contribution is 5.76. The number of hydrogen-bond acceptors (Lipinski definition) is 4. The Labute approximate surface area is 118 Å². The zero-order valence-corrected chi connectivity index (χ0v) is 11.7. The van der Waals surface area contributed by atoms with E-state index in [0.29, 0.717) is 19.6 Å². The predicted octanol–water partition coefficient (Wildman–Crippen LogP) is -1.16. The van der Waals surface area contributed by atoms with Crippen molar-refractivity contribution in [1.29, 1.82) is 0 Å². The Morgan fingerprint density at radius 2 is 2.20 bits per heavy atom. The minimum absolute atomic E-state index is 0.0622. The molecule has 0 spiro atoms. The summed E-state index contributed by atoms with van der Waals surface area (Å²) in [6, 6.07) is -1.09. The number of aliphatic imine (C=N–C) groups is 1. The Bertz CT molecular complexity index is 434. The van der Waals surface area contributed by atoms with Crippen LogP contribution < -0.4 is 22.5 Å². The van der Waals surface area contributed by atoms with Gasteiger partial charge in [-0.1, -0.05) is 11.8 Å². The molecule has 0 saturated carbocycles. The normalized spacial score (nSPS) is 21.4. The van der Waals surface area contributed by atoms with Crippen LogP contribution in [0.3, 0.4) is 0 Å². The average Bonchev–Trinajstić information content (AvgIpc) is 2.67. The van der Waals surface area contributed by atoms with Gasteiger partial charge in [-0.15, -0.1) is 0 Å². The molecule has 2 atom stereocenters. The summed E-state index contributed by atoms with van der Waals surface area (Å²) in [6.07, 6.45) is 0.111. The Balaban J connectivity index is 2.60. The minimum atomic E-state index is -0.670. The lowest BCUT2D eigenvalue weighted by Gasteiger charge is -2.18. The number of urea groups is 1. The second-order valence-electron chi connectivity index (χ2n) is 4.73. The number of nitrogens with two attached hydrogens (primary N) is 3. The van der Waals surface area contributed by atoms with Crippen LogP contribution in [-0.4, -0.2) is 43.1 Å². The minimum Gasteiger partial charge on any atom is -0.370 e. The van der Waals surface area contributed by atoms with E-state index in [2.05, 4.69) is 22.2 Å². The third-order valence-corrected chi connectivity index (χ3v) is 2.47. The van der Waals surface area contributed by atoms with Crippen molar-refractivity contribution in [3.05, 3.63) is 0 Å². The number of carbonyl (C=O) groups is 1. The molecule has 20 heavy (non-hydrogen) atoms. The van der Waals surface area contributed by atoms with Gasteiger partial charge in [0.1, 0.15) is 12.1 Å². The summed E-state index contributed by atoms with van der Waals surface area (Å²) in [4.78, 5) is 14.5. The number of nitrogens with one attached hydrogen (secondary N) is 1. The SMILES string of the molecule is CC1(C)OC[C@H]([C@@H](C#CCCNC(N)=O)N=C(N)N)O1. The number of ether oxygens (including phenoxy) is 2. The lowest BCUT2D eigenvalue weighted by atomic mass is 10.2. The first-order valence-corrected chi connectivity index (χ1v) is 6.22. The highest BCUT2D eigenvalue weighted by Gasteiger charge is 2.36. The topological polar surface area (TPSA) is 138 Å². The molecule has 112 valence electrons. The molecule has 0 bridgehead atoms. The number of hydrogen-bond donors (Lipinski definition) is 4. The van der Waals surface area contributed by atoms with Crippen molar-refractivity contribution >= 4 is 12.0 Å². The van der Waals surface area contributed by atoms with Crippen molar-refractivity contribution in [3.8, 4) is 11.8 Å². The quantitative estimate of drug-likeness (QED) is 0.223. The number of carbonyl (C=O) groups excluding carboxylic acids is 1. The highest BCUT2D eigenvalue weighted by Crippen LogP contribution is 2.25. The largest absolute Gasteiger partial charge is 0.370 e. The molecule has 8 heteroatoms. The van der Waals surface area contributed by atoms with Gasteiger partial charge in [0, 0.05) is 13.0 Å². The number of primary amides is 1. The number of rotatable bonds is 4. The molecule has 1 fully saturated rings. The molecule has 0 radical (unpaired) electrons. The van der Waals surface area contributed by atoms with Gasteiger partial charge in [0.2, 0.25) is 0 Å². The maximum absolute atomic E-state index is 10.5. The van der Waals surface area contributed by atoms with Gasteiger partial charge in [0.25, 0.3) is 0 Å². The summed E-state index contributed by atoms with van der Waals surface area (Å²) in [7, 11) is 0. The monoisotopic (exact) mass is 283 g/mol. The molecule has 0 aliphatic carbocycles. The first kappa shape index (κ1) is 16.1. The van der Waals surface area contributed by atoms with Crippen molar-refractivity contribution in [2.24, 2.45) is 22.2 Å². The summed E-state index contributed by atoms with van der Waals surface area (Å²) < 4.78 is 11.1. The third-order valence-electron chi connectivity index (χ3n) is 2.47. The summed E-state index contributed by atoms with van der Waals surface area (Å²) in [5.74, 6) is 5.05. The molecule has 2 amide bonds. The zero-order valence-electron chi connectivity index (χ0n) is 11.7. The summed E-state index contributed by atoms with van der Waals surface area (Å²) in [5.41, 5.74) is 15.7. The van der Waals surface area contributed by atoms with Crippen molar-refractivity contribution in [3.63, 3.8) is 0 Å². The molecule has 8 nitrogen and oxygen atoms in total. The fourth-order valence-corrected chi connectivity index (χ4v) is 1.66. The van der Waals surface area contributed by atoms with E-state index in [9.17, 15) is 4.79 Å². The van der Waals surface area contributed by atoms with Crippen LogP contribution in [0.15, 0.2) is 4.99 Å². The van der Waals surface area contributed by atoms with E-state index >= 15 is 0 Å². The molecule has 0 aromatic heterocycles. The standard InChI is InChI=1S/C12H21N5O3/c1-12(2)19-7-9(20-12)8(17-10(13)14)5-3-4-6-16-11(15)18/h8-9H,4,6-7H2,1-2H3,(H4,13,14,17)(H3,15,16,18)/t8-,9-/m1/s1. The molecule has 1 saturated heterocycles. The maximum Gasteiger partial charge on any atom is 0.312 e. The summed E-state index contributed by atoms with van der Waals surface area (Å²) >= 11 is 0. The molecule has 0 aromatic rings. The summed E-state index contributed by atoms with van der Waals surface area (Å²) in [6.45, 7) is 4.35. The van der Waals surface area contributed by atoms with Gasteiger partial charge in [-0.2, -0.15) is 0 Å². The van der Waals surface area contributed by atoms with E-state index in [1.807, 2.05) is 13.8 Å². The molecule has 0 unspecified atom stereocenters. The summed E-state index contributed by atoms with van der Waals surface area (Å²) in [5, 5.41) is 2.44. The van der Waals surface area contributed by atoms with Crippen LogP contribution in [0.1, 0.15) is 20.3 Å². The van der Waals surface area contributed by atoms with Gasteiger partial charge in [-0.3, -0.25) is 0 Å². The van der Waals surface area contributed by atoms with Gasteiger partial charge in [-0.25, -0.2) is 9.79 Å². The Hall–Kier alpha value is -1.98. The first-order chi connectivity index (χ1) is 9.30. The molecule has 7 N–H and O–H groups in total. The van der Waals surface area contributed by atoms with Crippen LogP contribution in [0.25, 0.3) is 0 Å². The van der Waals surface area contributed by atoms with Crippen LogP contribution in [0, 0.1) is 11.8 Å². The number of amides is 2.